The molecule has 0 unspecified atom stereocenters. The van der Waals surface area contributed by atoms with E-state index in [-0.39, 0.29) is 5.82 Å². The van der Waals surface area contributed by atoms with Crippen LogP contribution in [0.5, 0.6) is 0 Å². The highest BCUT2D eigenvalue weighted by Crippen LogP contribution is 2.10. The van der Waals surface area contributed by atoms with E-state index in [1.165, 1.54) is 0 Å². The maximum atomic E-state index is 12.9. The molecule has 0 amide bonds. The van der Waals surface area contributed by atoms with Crippen LogP contribution in [0.4, 0.5) is 4.39 Å². The number of hydrogen-bond donors (Lipinski definition) is 0. The molecule has 59 valence electrons. The smallest absolute Gasteiger partial charge is 0.134 e. The highest BCUT2D eigenvalue weighted by Gasteiger charge is 2.02. The van der Waals surface area contributed by atoms with Gasteiger partial charge >= 0.3 is 0 Å². The van der Waals surface area contributed by atoms with Crippen molar-refractivity contribution in [3.63, 3.8) is 0 Å². The van der Waals surface area contributed by atoms with Gasteiger partial charge in [0.1, 0.15) is 5.82 Å². The second-order valence-corrected chi connectivity index (χ2v) is 3.11. The quantitative estimate of drug-likeness (QED) is 0.609. The number of halogens is 1. The highest BCUT2D eigenvalue weighted by atomic mass is 19.1. The molecule has 0 aliphatic heterocycles. The van der Waals surface area contributed by atoms with Crippen molar-refractivity contribution in [2.75, 3.05) is 0 Å². The van der Waals surface area contributed by atoms with Crippen molar-refractivity contribution in [2.45, 2.75) is 20.3 Å². The van der Waals surface area contributed by atoms with E-state index >= 15 is 0 Å². The van der Waals surface area contributed by atoms with E-state index in [4.69, 9.17) is 0 Å². The van der Waals surface area contributed by atoms with E-state index in [1.54, 1.807) is 6.07 Å². The van der Waals surface area contributed by atoms with E-state index in [9.17, 15) is 4.39 Å². The monoisotopic (exact) mass is 151 g/mol. The fraction of sp³-hybridized carbons (Fsp3) is 0.400. The lowest BCUT2D eigenvalue weighted by Crippen LogP contribution is -1.96. The van der Waals surface area contributed by atoms with E-state index in [0.717, 1.165) is 12.0 Å². The number of benzene rings is 1. The van der Waals surface area contributed by atoms with Crippen LogP contribution in [0, 0.1) is 17.8 Å². The molecule has 1 radical (unpaired) electrons. The zero-order valence-corrected chi connectivity index (χ0v) is 6.89. The minimum absolute atomic E-state index is 0.207. The summed E-state index contributed by atoms with van der Waals surface area (Å²) >= 11 is 0. The van der Waals surface area contributed by atoms with Crippen LogP contribution in [0.3, 0.4) is 0 Å². The van der Waals surface area contributed by atoms with Crippen molar-refractivity contribution >= 4 is 0 Å². The molecule has 0 fully saturated rings. The summed E-state index contributed by atoms with van der Waals surface area (Å²) in [6.07, 6.45) is 0.795. The molecule has 0 atom stereocenters. The molecule has 1 rings (SSSR count). The van der Waals surface area contributed by atoms with E-state index < -0.39 is 0 Å². The standard InChI is InChI=1S/C10H12F/c1-8(2)7-9-5-3-4-6-10(9)11/h3-5,8H,7H2,1-2H3. The molecule has 0 N–H and O–H groups in total. The molecule has 0 saturated carbocycles. The summed E-state index contributed by atoms with van der Waals surface area (Å²) < 4.78 is 12.9. The van der Waals surface area contributed by atoms with Crippen molar-refractivity contribution in [3.8, 4) is 0 Å². The van der Waals surface area contributed by atoms with E-state index in [1.807, 2.05) is 12.1 Å². The molecule has 0 nitrogen and oxygen atoms in total. The Balaban J connectivity index is 2.78. The minimum atomic E-state index is -0.207. The van der Waals surface area contributed by atoms with Crippen LogP contribution < -0.4 is 0 Å². The summed E-state index contributed by atoms with van der Waals surface area (Å²) in [7, 11) is 0. The third-order valence-corrected chi connectivity index (χ3v) is 1.51. The largest absolute Gasteiger partial charge is 0.206 e. The van der Waals surface area contributed by atoms with Gasteiger partial charge in [0, 0.05) is 6.07 Å². The van der Waals surface area contributed by atoms with Gasteiger partial charge in [0.25, 0.3) is 0 Å². The van der Waals surface area contributed by atoms with Gasteiger partial charge in [0.05, 0.1) is 0 Å². The van der Waals surface area contributed by atoms with Gasteiger partial charge in [-0.1, -0.05) is 32.0 Å². The van der Waals surface area contributed by atoms with Gasteiger partial charge in [-0.05, 0) is 17.9 Å². The molecule has 1 aromatic rings. The molecule has 0 aliphatic rings. The average Bonchev–Trinajstić information content (AvgIpc) is 1.93. The van der Waals surface area contributed by atoms with Crippen molar-refractivity contribution in [1.29, 1.82) is 0 Å². The second kappa shape index (κ2) is 3.51. The van der Waals surface area contributed by atoms with Crippen LogP contribution in [0.2, 0.25) is 0 Å². The van der Waals surface area contributed by atoms with Crippen LogP contribution >= 0.6 is 0 Å². The van der Waals surface area contributed by atoms with E-state index in [2.05, 4.69) is 19.9 Å². The lowest BCUT2D eigenvalue weighted by Gasteiger charge is -2.04. The molecule has 0 heterocycles. The summed E-state index contributed by atoms with van der Waals surface area (Å²) in [6, 6.07) is 7.77. The Labute approximate surface area is 67.1 Å². The van der Waals surface area contributed by atoms with Gasteiger partial charge in [0.15, 0.2) is 0 Å². The van der Waals surface area contributed by atoms with Crippen LogP contribution in [-0.4, -0.2) is 0 Å². The lowest BCUT2D eigenvalue weighted by atomic mass is 10.0. The topological polar surface area (TPSA) is 0 Å². The molecule has 11 heavy (non-hydrogen) atoms. The van der Waals surface area contributed by atoms with Crippen molar-refractivity contribution in [2.24, 2.45) is 5.92 Å². The zero-order valence-electron chi connectivity index (χ0n) is 6.89. The summed E-state index contributed by atoms with van der Waals surface area (Å²) in [5, 5.41) is 0. The van der Waals surface area contributed by atoms with Crippen LogP contribution in [0.25, 0.3) is 0 Å². The molecule has 0 saturated heterocycles. The van der Waals surface area contributed by atoms with Gasteiger partial charge < -0.3 is 0 Å². The van der Waals surface area contributed by atoms with Crippen LogP contribution in [0.1, 0.15) is 19.4 Å². The summed E-state index contributed by atoms with van der Waals surface area (Å²) in [6.45, 7) is 4.15. The Hall–Kier alpha value is -0.850. The molecule has 0 spiro atoms. The first-order valence-corrected chi connectivity index (χ1v) is 3.85. The molecule has 1 heteroatoms. The summed E-state index contributed by atoms with van der Waals surface area (Å²) in [5.41, 5.74) is 0.766. The van der Waals surface area contributed by atoms with Gasteiger partial charge in [-0.2, -0.15) is 0 Å². The zero-order chi connectivity index (χ0) is 8.27. The van der Waals surface area contributed by atoms with Gasteiger partial charge in [-0.3, -0.25) is 0 Å². The number of hydrogen-bond acceptors (Lipinski definition) is 0. The average molecular weight is 151 g/mol. The maximum absolute atomic E-state index is 12.9. The van der Waals surface area contributed by atoms with Gasteiger partial charge in [-0.25, -0.2) is 4.39 Å². The normalized spacial score (nSPS) is 10.5. The first kappa shape index (κ1) is 8.25. The van der Waals surface area contributed by atoms with Gasteiger partial charge in [-0.15, -0.1) is 0 Å². The van der Waals surface area contributed by atoms with Crippen LogP contribution in [-0.2, 0) is 6.42 Å². The first-order valence-electron chi connectivity index (χ1n) is 3.85. The molecule has 0 aliphatic carbocycles. The lowest BCUT2D eigenvalue weighted by molar-refractivity contribution is 0.572. The third-order valence-electron chi connectivity index (χ3n) is 1.51. The fourth-order valence-corrected chi connectivity index (χ4v) is 1.05. The first-order chi connectivity index (χ1) is 5.20. The number of rotatable bonds is 2. The molecular formula is C10H12F. The predicted octanol–water partition coefficient (Wildman–Crippen LogP) is 2.82. The third kappa shape index (κ3) is 2.34. The van der Waals surface area contributed by atoms with Crippen molar-refractivity contribution in [3.05, 3.63) is 35.6 Å². The van der Waals surface area contributed by atoms with Crippen molar-refractivity contribution < 1.29 is 4.39 Å². The summed E-state index contributed by atoms with van der Waals surface area (Å²) in [5.74, 6) is 0.293. The van der Waals surface area contributed by atoms with Crippen LogP contribution in [0.15, 0.2) is 18.2 Å². The van der Waals surface area contributed by atoms with Crippen molar-refractivity contribution in [1.82, 2.24) is 0 Å². The maximum Gasteiger partial charge on any atom is 0.134 e. The molecule has 0 aromatic heterocycles. The summed E-state index contributed by atoms with van der Waals surface area (Å²) in [4.78, 5) is 0. The Bertz CT molecular complexity index is 228. The Morgan fingerprint density at radius 2 is 2.27 bits per heavy atom. The molecule has 0 bridgehead atoms. The minimum Gasteiger partial charge on any atom is -0.206 e. The highest BCUT2D eigenvalue weighted by molar-refractivity contribution is 5.16. The Kier molecular flexibility index (Phi) is 2.64. The molecular weight excluding hydrogens is 139 g/mol. The predicted molar refractivity (Wildman–Crippen MR) is 43.8 cm³/mol. The Morgan fingerprint density at radius 1 is 1.55 bits per heavy atom. The Morgan fingerprint density at radius 3 is 2.82 bits per heavy atom. The van der Waals surface area contributed by atoms with E-state index in [0.29, 0.717) is 5.92 Å². The second-order valence-electron chi connectivity index (χ2n) is 3.11. The fourth-order valence-electron chi connectivity index (χ4n) is 1.05. The SMILES string of the molecule is CC(C)Cc1ccc[c]c1F. The molecule has 1 aromatic carbocycles. The van der Waals surface area contributed by atoms with Gasteiger partial charge in [0.2, 0.25) is 0 Å².